The fourth-order valence-corrected chi connectivity index (χ4v) is 4.68. The van der Waals surface area contributed by atoms with E-state index in [9.17, 15) is 8.42 Å². The molecular weight excluding hydrogens is 362 g/mol. The Morgan fingerprint density at radius 2 is 2.12 bits per heavy atom. The minimum absolute atomic E-state index is 0. The lowest BCUT2D eigenvalue weighted by Gasteiger charge is -2.35. The van der Waals surface area contributed by atoms with E-state index in [1.807, 2.05) is 19.1 Å². The number of ether oxygens (including phenoxy) is 1. The van der Waals surface area contributed by atoms with Crippen molar-refractivity contribution in [2.24, 2.45) is 0 Å². The van der Waals surface area contributed by atoms with E-state index < -0.39 is 10.0 Å². The quantitative estimate of drug-likeness (QED) is 0.875. The smallest absolute Gasteiger partial charge is 0.243 e. The summed E-state index contributed by atoms with van der Waals surface area (Å²) in [5, 5.41) is 3.26. The molecule has 0 bridgehead atoms. The van der Waals surface area contributed by atoms with Crippen LogP contribution in [0, 0.1) is 6.92 Å². The van der Waals surface area contributed by atoms with Crippen molar-refractivity contribution in [2.45, 2.75) is 17.9 Å². The largest absolute Gasteiger partial charge is 0.496 e. The normalized spacial score (nSPS) is 18.4. The number of benzene rings is 1. The molecule has 136 valence electrons. The van der Waals surface area contributed by atoms with Crippen LogP contribution >= 0.6 is 12.4 Å². The molecule has 2 aromatic rings. The second-order valence-corrected chi connectivity index (χ2v) is 7.64. The Kier molecular flexibility index (Phi) is 6.40. The lowest BCUT2D eigenvalue weighted by Crippen LogP contribution is -2.48. The highest BCUT2D eigenvalue weighted by Gasteiger charge is 2.34. The molecule has 1 unspecified atom stereocenters. The van der Waals surface area contributed by atoms with E-state index in [1.54, 1.807) is 42.0 Å². The number of aryl methyl sites for hydroxylation is 1. The van der Waals surface area contributed by atoms with Gasteiger partial charge >= 0.3 is 0 Å². The van der Waals surface area contributed by atoms with Gasteiger partial charge in [0.1, 0.15) is 5.75 Å². The first-order valence-corrected chi connectivity index (χ1v) is 9.25. The Bertz CT molecular complexity index is 815. The average molecular weight is 384 g/mol. The average Bonchev–Trinajstić information content (AvgIpc) is 2.62. The lowest BCUT2D eigenvalue weighted by molar-refractivity contribution is 0.271. The summed E-state index contributed by atoms with van der Waals surface area (Å²) in [6, 6.07) is 8.43. The molecule has 1 aliphatic heterocycles. The third kappa shape index (κ3) is 3.95. The zero-order valence-electron chi connectivity index (χ0n) is 14.2. The molecule has 0 radical (unpaired) electrons. The number of halogens is 1. The van der Waals surface area contributed by atoms with Crippen LogP contribution in [-0.4, -0.2) is 44.5 Å². The van der Waals surface area contributed by atoms with Gasteiger partial charge in [-0.25, -0.2) is 8.42 Å². The van der Waals surface area contributed by atoms with Crippen molar-refractivity contribution < 1.29 is 13.2 Å². The van der Waals surface area contributed by atoms with Gasteiger partial charge in [0.05, 0.1) is 18.0 Å². The van der Waals surface area contributed by atoms with Crippen molar-refractivity contribution in [3.05, 3.63) is 53.9 Å². The van der Waals surface area contributed by atoms with Crippen LogP contribution in [0.25, 0.3) is 0 Å². The van der Waals surface area contributed by atoms with E-state index in [1.165, 1.54) is 0 Å². The Hall–Kier alpha value is -1.67. The Labute approximate surface area is 154 Å². The minimum atomic E-state index is -3.60. The number of rotatable bonds is 4. The Morgan fingerprint density at radius 1 is 1.32 bits per heavy atom. The summed E-state index contributed by atoms with van der Waals surface area (Å²) in [4.78, 5) is 4.41. The minimum Gasteiger partial charge on any atom is -0.496 e. The van der Waals surface area contributed by atoms with Crippen LogP contribution in [-0.2, 0) is 10.0 Å². The molecule has 1 atom stereocenters. The van der Waals surface area contributed by atoms with E-state index in [4.69, 9.17) is 4.74 Å². The molecular formula is C17H22ClN3O3S. The van der Waals surface area contributed by atoms with Crippen LogP contribution in [0.1, 0.15) is 17.2 Å². The van der Waals surface area contributed by atoms with Crippen LogP contribution in [0.5, 0.6) is 5.75 Å². The van der Waals surface area contributed by atoms with Gasteiger partial charge < -0.3 is 10.1 Å². The zero-order chi connectivity index (χ0) is 17.2. The number of pyridine rings is 1. The fraction of sp³-hybridized carbons (Fsp3) is 0.353. The number of piperazine rings is 1. The second kappa shape index (κ2) is 8.14. The second-order valence-electron chi connectivity index (χ2n) is 5.75. The van der Waals surface area contributed by atoms with Crippen molar-refractivity contribution in [3.63, 3.8) is 0 Å². The van der Waals surface area contributed by atoms with E-state index in [2.05, 4.69) is 10.3 Å². The van der Waals surface area contributed by atoms with Gasteiger partial charge in [-0.05, 0) is 42.3 Å². The van der Waals surface area contributed by atoms with Gasteiger partial charge in [-0.15, -0.1) is 12.4 Å². The highest BCUT2D eigenvalue weighted by Crippen LogP contribution is 2.30. The number of hydrogen-bond donors (Lipinski definition) is 1. The van der Waals surface area contributed by atoms with Gasteiger partial charge in [-0.2, -0.15) is 4.31 Å². The summed E-state index contributed by atoms with van der Waals surface area (Å²) in [5.74, 6) is 0.679. The van der Waals surface area contributed by atoms with Gasteiger partial charge in [0.15, 0.2) is 0 Å². The number of nitrogens with zero attached hydrogens (tertiary/aromatic N) is 2. The van der Waals surface area contributed by atoms with Crippen molar-refractivity contribution in [1.82, 2.24) is 14.6 Å². The van der Waals surface area contributed by atoms with Crippen LogP contribution < -0.4 is 10.1 Å². The van der Waals surface area contributed by atoms with Gasteiger partial charge in [0.2, 0.25) is 10.0 Å². The third-order valence-corrected chi connectivity index (χ3v) is 6.14. The molecule has 2 heterocycles. The maximum Gasteiger partial charge on any atom is 0.243 e. The highest BCUT2D eigenvalue weighted by molar-refractivity contribution is 7.89. The standard InChI is InChI=1S/C17H21N3O3S.ClH/c1-13-10-15(5-6-17(13)23-2)24(21,22)20-9-8-19-12-16(20)14-4-3-7-18-11-14;/h3-7,10-11,16,19H,8-9,12H2,1-2H3;1H. The van der Waals surface area contributed by atoms with Gasteiger partial charge in [-0.1, -0.05) is 6.07 Å². The third-order valence-electron chi connectivity index (χ3n) is 4.24. The molecule has 1 fully saturated rings. The summed E-state index contributed by atoms with van der Waals surface area (Å²) in [6.45, 7) is 3.46. The molecule has 8 heteroatoms. The molecule has 3 rings (SSSR count). The molecule has 0 amide bonds. The number of methoxy groups -OCH3 is 1. The number of aromatic nitrogens is 1. The summed E-state index contributed by atoms with van der Waals surface area (Å²) < 4.78 is 33.1. The Balaban J connectivity index is 0.00000225. The molecule has 1 saturated heterocycles. The molecule has 0 saturated carbocycles. The Morgan fingerprint density at radius 3 is 2.76 bits per heavy atom. The number of nitrogens with one attached hydrogen (secondary N) is 1. The van der Waals surface area contributed by atoms with Gasteiger partial charge in [0.25, 0.3) is 0 Å². The lowest BCUT2D eigenvalue weighted by atomic mass is 10.1. The summed E-state index contributed by atoms with van der Waals surface area (Å²) in [7, 11) is -2.02. The van der Waals surface area contributed by atoms with Gasteiger partial charge in [-0.3, -0.25) is 4.98 Å². The molecule has 0 spiro atoms. The molecule has 25 heavy (non-hydrogen) atoms. The summed E-state index contributed by atoms with van der Waals surface area (Å²) in [6.07, 6.45) is 3.41. The first-order valence-electron chi connectivity index (χ1n) is 7.81. The molecule has 6 nitrogen and oxygen atoms in total. The fourth-order valence-electron chi connectivity index (χ4n) is 2.98. The first kappa shape index (κ1) is 19.7. The maximum atomic E-state index is 13.2. The highest BCUT2D eigenvalue weighted by atomic mass is 35.5. The van der Waals surface area contributed by atoms with E-state index in [0.717, 1.165) is 11.1 Å². The van der Waals surface area contributed by atoms with Crippen LogP contribution in [0.3, 0.4) is 0 Å². The van der Waals surface area contributed by atoms with Crippen molar-refractivity contribution >= 4 is 22.4 Å². The van der Waals surface area contributed by atoms with Crippen LogP contribution in [0.4, 0.5) is 0 Å². The first-order chi connectivity index (χ1) is 11.5. The SMILES string of the molecule is COc1ccc(S(=O)(=O)N2CCNCC2c2cccnc2)cc1C.Cl. The topological polar surface area (TPSA) is 71.5 Å². The van der Waals surface area contributed by atoms with Gasteiger partial charge in [0, 0.05) is 32.0 Å². The monoisotopic (exact) mass is 383 g/mol. The van der Waals surface area contributed by atoms with Crippen molar-refractivity contribution in [3.8, 4) is 5.75 Å². The van der Waals surface area contributed by atoms with Crippen LogP contribution in [0.15, 0.2) is 47.6 Å². The number of sulfonamides is 1. The predicted octanol–water partition coefficient (Wildman–Crippen LogP) is 2.16. The molecule has 0 aliphatic carbocycles. The maximum absolute atomic E-state index is 13.2. The van der Waals surface area contributed by atoms with Crippen LogP contribution in [0.2, 0.25) is 0 Å². The zero-order valence-corrected chi connectivity index (χ0v) is 15.8. The summed E-state index contributed by atoms with van der Waals surface area (Å²) >= 11 is 0. The molecule has 1 N–H and O–H groups in total. The van der Waals surface area contributed by atoms with Crippen molar-refractivity contribution in [1.29, 1.82) is 0 Å². The number of hydrogen-bond acceptors (Lipinski definition) is 5. The van der Waals surface area contributed by atoms with E-state index in [0.29, 0.717) is 25.4 Å². The molecule has 1 aromatic carbocycles. The van der Waals surface area contributed by atoms with E-state index >= 15 is 0 Å². The predicted molar refractivity (Wildman–Crippen MR) is 98.7 cm³/mol. The molecule has 1 aromatic heterocycles. The van der Waals surface area contributed by atoms with Crippen molar-refractivity contribution in [2.75, 3.05) is 26.7 Å². The molecule has 1 aliphatic rings. The van der Waals surface area contributed by atoms with E-state index in [-0.39, 0.29) is 23.3 Å². The summed E-state index contributed by atoms with van der Waals surface area (Å²) in [5.41, 5.74) is 1.69.